The van der Waals surface area contributed by atoms with Gasteiger partial charge in [0.1, 0.15) is 0 Å². The van der Waals surface area contributed by atoms with Crippen LogP contribution in [0.2, 0.25) is 0 Å². The first-order chi connectivity index (χ1) is 8.26. The molecule has 4 heteroatoms. The fraction of sp³-hybridized carbons (Fsp3) is 0.929. The average molecular weight is 256 g/mol. The van der Waals surface area contributed by atoms with Crippen LogP contribution >= 0.6 is 0 Å². The molecule has 106 valence electrons. The minimum atomic E-state index is -0.248. The Morgan fingerprint density at radius 2 is 1.89 bits per heavy atom. The Labute approximate surface area is 111 Å². The minimum absolute atomic E-state index is 0.00560. The van der Waals surface area contributed by atoms with Gasteiger partial charge in [-0.05, 0) is 52.4 Å². The Morgan fingerprint density at radius 1 is 1.33 bits per heavy atom. The molecule has 0 aromatic carbocycles. The number of aliphatic hydroxyl groups is 1. The molecule has 4 nitrogen and oxygen atoms in total. The van der Waals surface area contributed by atoms with Crippen molar-refractivity contribution in [1.29, 1.82) is 0 Å². The number of nitrogens with one attached hydrogen (secondary N) is 2. The van der Waals surface area contributed by atoms with Gasteiger partial charge in [0.25, 0.3) is 0 Å². The lowest BCUT2D eigenvalue weighted by molar-refractivity contribution is -0.122. The second-order valence-electron chi connectivity index (χ2n) is 6.77. The summed E-state index contributed by atoms with van der Waals surface area (Å²) in [5, 5.41) is 15.8. The third-order valence-corrected chi connectivity index (χ3v) is 3.67. The molecule has 0 unspecified atom stereocenters. The van der Waals surface area contributed by atoms with Crippen molar-refractivity contribution in [2.24, 2.45) is 5.92 Å². The van der Waals surface area contributed by atoms with Crippen molar-refractivity contribution in [3.8, 4) is 0 Å². The lowest BCUT2D eigenvalue weighted by Gasteiger charge is -2.39. The van der Waals surface area contributed by atoms with Crippen molar-refractivity contribution in [2.75, 3.05) is 13.2 Å². The molecule has 1 fully saturated rings. The van der Waals surface area contributed by atoms with Crippen LogP contribution in [-0.4, -0.2) is 35.2 Å². The Kier molecular flexibility index (Phi) is 5.17. The molecule has 0 heterocycles. The van der Waals surface area contributed by atoms with Crippen LogP contribution in [0.25, 0.3) is 0 Å². The van der Waals surface area contributed by atoms with E-state index in [1.54, 1.807) is 0 Å². The van der Waals surface area contributed by atoms with Gasteiger partial charge in [-0.3, -0.25) is 4.79 Å². The largest absolute Gasteiger partial charge is 0.394 e. The molecule has 1 aliphatic rings. The number of carbonyl (C=O) groups excluding carboxylic acids is 1. The van der Waals surface area contributed by atoms with Crippen LogP contribution in [0, 0.1) is 5.92 Å². The monoisotopic (exact) mass is 256 g/mol. The second-order valence-corrected chi connectivity index (χ2v) is 6.77. The van der Waals surface area contributed by atoms with Crippen LogP contribution in [0.4, 0.5) is 0 Å². The zero-order chi connectivity index (χ0) is 13.8. The number of rotatable bonds is 4. The fourth-order valence-electron chi connectivity index (χ4n) is 2.44. The number of hydrogen-bond donors (Lipinski definition) is 3. The summed E-state index contributed by atoms with van der Waals surface area (Å²) in [6.45, 7) is 8.54. The second kappa shape index (κ2) is 6.02. The Hall–Kier alpha value is -0.610. The maximum Gasteiger partial charge on any atom is 0.234 e. The summed E-state index contributed by atoms with van der Waals surface area (Å²) in [4.78, 5) is 11.8. The molecule has 0 aromatic rings. The van der Waals surface area contributed by atoms with E-state index in [1.807, 2.05) is 20.8 Å². The molecule has 1 rings (SSSR count). The van der Waals surface area contributed by atoms with Crippen molar-refractivity contribution in [1.82, 2.24) is 10.6 Å². The van der Waals surface area contributed by atoms with Gasteiger partial charge in [0, 0.05) is 11.1 Å². The predicted molar refractivity (Wildman–Crippen MR) is 73.3 cm³/mol. The van der Waals surface area contributed by atoms with E-state index in [2.05, 4.69) is 17.6 Å². The van der Waals surface area contributed by atoms with E-state index in [1.165, 1.54) is 0 Å². The van der Waals surface area contributed by atoms with Crippen LogP contribution in [-0.2, 0) is 4.79 Å². The van der Waals surface area contributed by atoms with Gasteiger partial charge in [-0.2, -0.15) is 0 Å². The highest BCUT2D eigenvalue weighted by atomic mass is 16.3. The van der Waals surface area contributed by atoms with Gasteiger partial charge in [0.15, 0.2) is 0 Å². The van der Waals surface area contributed by atoms with Crippen LogP contribution in [0.1, 0.15) is 53.4 Å². The van der Waals surface area contributed by atoms with E-state index in [0.717, 1.165) is 31.6 Å². The number of aliphatic hydroxyl groups excluding tert-OH is 1. The van der Waals surface area contributed by atoms with Gasteiger partial charge >= 0.3 is 0 Å². The summed E-state index contributed by atoms with van der Waals surface area (Å²) < 4.78 is 0. The average Bonchev–Trinajstić information content (AvgIpc) is 2.27. The quantitative estimate of drug-likeness (QED) is 0.713. The molecule has 0 radical (unpaired) electrons. The van der Waals surface area contributed by atoms with Gasteiger partial charge in [-0.15, -0.1) is 0 Å². The smallest absolute Gasteiger partial charge is 0.234 e. The predicted octanol–water partition coefficient (Wildman–Crippen LogP) is 1.43. The number of carbonyl (C=O) groups is 1. The van der Waals surface area contributed by atoms with Gasteiger partial charge in [0.05, 0.1) is 13.2 Å². The van der Waals surface area contributed by atoms with E-state index in [9.17, 15) is 9.90 Å². The highest BCUT2D eigenvalue weighted by molar-refractivity contribution is 5.78. The van der Waals surface area contributed by atoms with Crippen LogP contribution in [0.5, 0.6) is 0 Å². The maximum absolute atomic E-state index is 11.8. The van der Waals surface area contributed by atoms with Crippen molar-refractivity contribution in [2.45, 2.75) is 64.5 Å². The van der Waals surface area contributed by atoms with E-state index in [0.29, 0.717) is 0 Å². The molecule has 1 saturated carbocycles. The topological polar surface area (TPSA) is 61.4 Å². The van der Waals surface area contributed by atoms with E-state index in [4.69, 9.17) is 0 Å². The molecule has 0 aromatic heterocycles. The molecular weight excluding hydrogens is 228 g/mol. The molecule has 18 heavy (non-hydrogen) atoms. The van der Waals surface area contributed by atoms with E-state index < -0.39 is 0 Å². The zero-order valence-corrected chi connectivity index (χ0v) is 12.2. The first-order valence-corrected chi connectivity index (χ1v) is 6.93. The molecule has 0 aliphatic heterocycles. The maximum atomic E-state index is 11.8. The minimum Gasteiger partial charge on any atom is -0.394 e. The first kappa shape index (κ1) is 15.4. The lowest BCUT2D eigenvalue weighted by Crippen LogP contribution is -2.55. The van der Waals surface area contributed by atoms with Gasteiger partial charge in [-0.1, -0.05) is 6.92 Å². The van der Waals surface area contributed by atoms with Gasteiger partial charge in [0.2, 0.25) is 5.91 Å². The summed E-state index contributed by atoms with van der Waals surface area (Å²) in [7, 11) is 0. The normalized spacial score (nSPS) is 29.1. The van der Waals surface area contributed by atoms with Crippen LogP contribution in [0.15, 0.2) is 0 Å². The molecule has 3 N–H and O–H groups in total. The summed E-state index contributed by atoms with van der Waals surface area (Å²) in [6.07, 6.45) is 4.14. The molecule has 0 atom stereocenters. The third kappa shape index (κ3) is 4.94. The van der Waals surface area contributed by atoms with Crippen LogP contribution in [0.3, 0.4) is 0 Å². The molecular formula is C14H28N2O2. The molecule has 0 saturated heterocycles. The SMILES string of the molecule is CC1CCC(CO)(NCC(=O)NC(C)(C)C)CC1. The third-order valence-electron chi connectivity index (χ3n) is 3.67. The molecule has 1 amide bonds. The zero-order valence-electron chi connectivity index (χ0n) is 12.2. The highest BCUT2D eigenvalue weighted by Gasteiger charge is 2.33. The molecule has 1 aliphatic carbocycles. The first-order valence-electron chi connectivity index (χ1n) is 6.93. The summed E-state index contributed by atoms with van der Waals surface area (Å²) in [5.74, 6) is 0.726. The van der Waals surface area contributed by atoms with Crippen molar-refractivity contribution in [3.05, 3.63) is 0 Å². The highest BCUT2D eigenvalue weighted by Crippen LogP contribution is 2.31. The molecule has 0 bridgehead atoms. The Balaban J connectivity index is 2.42. The molecule has 0 spiro atoms. The number of amides is 1. The van der Waals surface area contributed by atoms with Crippen molar-refractivity contribution >= 4 is 5.91 Å². The summed E-state index contributed by atoms with van der Waals surface area (Å²) >= 11 is 0. The van der Waals surface area contributed by atoms with Gasteiger partial charge in [-0.25, -0.2) is 0 Å². The van der Waals surface area contributed by atoms with E-state index in [-0.39, 0.29) is 30.1 Å². The number of hydrogen-bond acceptors (Lipinski definition) is 3. The Bertz CT molecular complexity index is 276. The van der Waals surface area contributed by atoms with Crippen molar-refractivity contribution in [3.63, 3.8) is 0 Å². The fourth-order valence-corrected chi connectivity index (χ4v) is 2.44. The van der Waals surface area contributed by atoms with Crippen molar-refractivity contribution < 1.29 is 9.90 Å². The van der Waals surface area contributed by atoms with E-state index >= 15 is 0 Å². The lowest BCUT2D eigenvalue weighted by atomic mass is 9.77. The summed E-state index contributed by atoms with van der Waals surface area (Å²) in [6, 6.07) is 0. The van der Waals surface area contributed by atoms with Gasteiger partial charge < -0.3 is 15.7 Å². The van der Waals surface area contributed by atoms with Crippen LogP contribution < -0.4 is 10.6 Å². The Morgan fingerprint density at radius 3 is 2.33 bits per heavy atom. The summed E-state index contributed by atoms with van der Waals surface area (Å²) in [5.41, 5.74) is -0.450. The standard InChI is InChI=1S/C14H28N2O2/c1-11-5-7-14(10-17,8-6-11)15-9-12(18)16-13(2,3)4/h11,15,17H,5-10H2,1-4H3,(H,16,18).